The molecule has 3 aromatic rings. The summed E-state index contributed by atoms with van der Waals surface area (Å²) in [6, 6.07) is 14.8. The minimum absolute atomic E-state index is 0.124. The number of aromatic amines is 1. The minimum Gasteiger partial charge on any atom is -0.355 e. The van der Waals surface area contributed by atoms with Gasteiger partial charge >= 0.3 is 0 Å². The van der Waals surface area contributed by atoms with Crippen LogP contribution in [-0.2, 0) is 11.3 Å². The SMILES string of the molecule is CNC(=O)c1ccc(/C=C\C(=O)N(C)Cc2nc3ccccc3[nH]2)cc1. The van der Waals surface area contributed by atoms with Gasteiger partial charge in [0, 0.05) is 25.7 Å². The lowest BCUT2D eigenvalue weighted by molar-refractivity contribution is -0.125. The summed E-state index contributed by atoms with van der Waals surface area (Å²) in [6.07, 6.45) is 3.24. The van der Waals surface area contributed by atoms with E-state index in [1.54, 1.807) is 49.3 Å². The van der Waals surface area contributed by atoms with E-state index in [1.165, 1.54) is 6.08 Å². The van der Waals surface area contributed by atoms with E-state index in [1.807, 2.05) is 24.3 Å². The highest BCUT2D eigenvalue weighted by atomic mass is 16.2. The van der Waals surface area contributed by atoms with Crippen LogP contribution >= 0.6 is 0 Å². The molecule has 132 valence electrons. The Morgan fingerprint density at radius 2 is 1.88 bits per heavy atom. The molecule has 3 rings (SSSR count). The van der Waals surface area contributed by atoms with E-state index >= 15 is 0 Å². The summed E-state index contributed by atoms with van der Waals surface area (Å²) in [4.78, 5) is 33.1. The summed E-state index contributed by atoms with van der Waals surface area (Å²) < 4.78 is 0. The Morgan fingerprint density at radius 3 is 2.58 bits per heavy atom. The van der Waals surface area contributed by atoms with Gasteiger partial charge in [-0.3, -0.25) is 9.59 Å². The van der Waals surface area contributed by atoms with Crippen molar-refractivity contribution in [2.24, 2.45) is 0 Å². The highest BCUT2D eigenvalue weighted by molar-refractivity contribution is 5.94. The molecular formula is C20H20N4O2. The van der Waals surface area contributed by atoms with Crippen LogP contribution < -0.4 is 5.32 Å². The van der Waals surface area contributed by atoms with E-state index in [2.05, 4.69) is 15.3 Å². The Hall–Kier alpha value is -3.41. The van der Waals surface area contributed by atoms with Gasteiger partial charge in [0.1, 0.15) is 5.82 Å². The van der Waals surface area contributed by atoms with Crippen molar-refractivity contribution in [3.05, 3.63) is 71.6 Å². The first-order chi connectivity index (χ1) is 12.6. The summed E-state index contributed by atoms with van der Waals surface area (Å²) in [7, 11) is 3.32. The largest absolute Gasteiger partial charge is 0.355 e. The molecule has 0 aliphatic rings. The van der Waals surface area contributed by atoms with Gasteiger partial charge in [-0.05, 0) is 35.9 Å². The number of para-hydroxylation sites is 2. The number of likely N-dealkylation sites (N-methyl/N-ethyl adjacent to an activating group) is 1. The van der Waals surface area contributed by atoms with Crippen molar-refractivity contribution in [3.8, 4) is 0 Å². The molecule has 0 saturated heterocycles. The highest BCUT2D eigenvalue weighted by Gasteiger charge is 2.09. The first-order valence-corrected chi connectivity index (χ1v) is 8.26. The van der Waals surface area contributed by atoms with Crippen molar-refractivity contribution in [2.45, 2.75) is 6.54 Å². The van der Waals surface area contributed by atoms with Crippen LogP contribution in [0.3, 0.4) is 0 Å². The molecule has 0 spiro atoms. The van der Waals surface area contributed by atoms with Crippen LogP contribution in [0.15, 0.2) is 54.6 Å². The third-order valence-corrected chi connectivity index (χ3v) is 4.02. The smallest absolute Gasteiger partial charge is 0.251 e. The van der Waals surface area contributed by atoms with Crippen LogP contribution in [0, 0.1) is 0 Å². The van der Waals surface area contributed by atoms with Crippen molar-refractivity contribution in [1.29, 1.82) is 0 Å². The molecule has 6 nitrogen and oxygen atoms in total. The van der Waals surface area contributed by atoms with Gasteiger partial charge in [0.15, 0.2) is 0 Å². The van der Waals surface area contributed by atoms with Crippen LogP contribution in [0.4, 0.5) is 0 Å². The Balaban J connectivity index is 1.63. The van der Waals surface area contributed by atoms with Gasteiger partial charge in [0.25, 0.3) is 5.91 Å². The predicted molar refractivity (Wildman–Crippen MR) is 101 cm³/mol. The number of hydrogen-bond acceptors (Lipinski definition) is 3. The molecule has 1 heterocycles. The predicted octanol–water partition coefficient (Wildman–Crippen LogP) is 2.59. The monoisotopic (exact) mass is 348 g/mol. The van der Waals surface area contributed by atoms with Crippen LogP contribution in [0.1, 0.15) is 21.7 Å². The van der Waals surface area contributed by atoms with Crippen molar-refractivity contribution in [2.75, 3.05) is 14.1 Å². The molecule has 1 aromatic heterocycles. The summed E-state index contributed by atoms with van der Waals surface area (Å²) in [5.41, 5.74) is 3.27. The number of benzene rings is 2. The Kier molecular flexibility index (Phi) is 5.12. The molecule has 2 N–H and O–H groups in total. The molecule has 26 heavy (non-hydrogen) atoms. The fourth-order valence-electron chi connectivity index (χ4n) is 2.57. The summed E-state index contributed by atoms with van der Waals surface area (Å²) in [5, 5.41) is 2.57. The standard InChI is InChI=1S/C20H20N4O2/c1-21-20(26)15-10-7-14(8-11-15)9-12-19(25)24(2)13-18-22-16-5-3-4-6-17(16)23-18/h3-12H,13H2,1-2H3,(H,21,26)(H,22,23)/b12-9-. The topological polar surface area (TPSA) is 78.1 Å². The number of carbonyl (C=O) groups is 2. The zero-order valence-electron chi connectivity index (χ0n) is 14.7. The molecule has 0 fully saturated rings. The molecule has 0 aliphatic heterocycles. The fourth-order valence-corrected chi connectivity index (χ4v) is 2.57. The summed E-state index contributed by atoms with van der Waals surface area (Å²) >= 11 is 0. The quantitative estimate of drug-likeness (QED) is 0.696. The van der Waals surface area contributed by atoms with Gasteiger partial charge < -0.3 is 15.2 Å². The van der Waals surface area contributed by atoms with E-state index in [0.717, 1.165) is 22.4 Å². The van der Waals surface area contributed by atoms with E-state index in [4.69, 9.17) is 0 Å². The third kappa shape index (κ3) is 3.97. The number of imidazole rings is 1. The number of rotatable bonds is 5. The number of aromatic nitrogens is 2. The first kappa shape index (κ1) is 17.4. The zero-order chi connectivity index (χ0) is 18.5. The normalized spacial score (nSPS) is 11.0. The third-order valence-electron chi connectivity index (χ3n) is 4.02. The van der Waals surface area contributed by atoms with Crippen LogP contribution in [0.25, 0.3) is 17.1 Å². The molecule has 0 aliphatic carbocycles. The van der Waals surface area contributed by atoms with E-state index < -0.39 is 0 Å². The Morgan fingerprint density at radius 1 is 1.15 bits per heavy atom. The maximum Gasteiger partial charge on any atom is 0.251 e. The number of nitrogens with zero attached hydrogens (tertiary/aromatic N) is 2. The minimum atomic E-state index is -0.137. The maximum atomic E-state index is 12.3. The molecule has 2 aromatic carbocycles. The van der Waals surface area contributed by atoms with Crippen molar-refractivity contribution < 1.29 is 9.59 Å². The van der Waals surface area contributed by atoms with Gasteiger partial charge in [0.05, 0.1) is 17.6 Å². The van der Waals surface area contributed by atoms with Gasteiger partial charge in [-0.25, -0.2) is 4.98 Å². The zero-order valence-corrected chi connectivity index (χ0v) is 14.7. The number of carbonyl (C=O) groups excluding carboxylic acids is 2. The van der Waals surface area contributed by atoms with E-state index in [0.29, 0.717) is 12.1 Å². The van der Waals surface area contributed by atoms with Gasteiger partial charge in [0.2, 0.25) is 5.91 Å². The Labute approximate surface area is 151 Å². The van der Waals surface area contributed by atoms with Crippen molar-refractivity contribution >= 4 is 28.9 Å². The Bertz CT molecular complexity index is 924. The molecule has 2 amide bonds. The van der Waals surface area contributed by atoms with Crippen molar-refractivity contribution in [3.63, 3.8) is 0 Å². The second-order valence-corrected chi connectivity index (χ2v) is 5.93. The van der Waals surface area contributed by atoms with E-state index in [-0.39, 0.29) is 11.8 Å². The average Bonchev–Trinajstić information content (AvgIpc) is 3.08. The number of fused-ring (bicyclic) bond motifs is 1. The van der Waals surface area contributed by atoms with E-state index in [9.17, 15) is 9.59 Å². The first-order valence-electron chi connectivity index (χ1n) is 8.26. The lowest BCUT2D eigenvalue weighted by atomic mass is 10.1. The molecule has 0 bridgehead atoms. The average molecular weight is 348 g/mol. The molecule has 0 saturated carbocycles. The second kappa shape index (κ2) is 7.65. The maximum absolute atomic E-state index is 12.3. The second-order valence-electron chi connectivity index (χ2n) is 5.93. The fraction of sp³-hybridized carbons (Fsp3) is 0.150. The molecule has 0 atom stereocenters. The van der Waals surface area contributed by atoms with Crippen molar-refractivity contribution in [1.82, 2.24) is 20.2 Å². The number of amides is 2. The molecule has 6 heteroatoms. The number of H-pyrrole nitrogens is 1. The van der Waals surface area contributed by atoms with Crippen LogP contribution in [-0.4, -0.2) is 40.8 Å². The summed E-state index contributed by atoms with van der Waals surface area (Å²) in [6.45, 7) is 0.396. The van der Waals surface area contributed by atoms with Gasteiger partial charge in [-0.1, -0.05) is 24.3 Å². The highest BCUT2D eigenvalue weighted by Crippen LogP contribution is 2.12. The summed E-state index contributed by atoms with van der Waals surface area (Å²) in [5.74, 6) is 0.480. The lowest BCUT2D eigenvalue weighted by Crippen LogP contribution is -2.24. The van der Waals surface area contributed by atoms with Gasteiger partial charge in [-0.15, -0.1) is 0 Å². The molecule has 0 radical (unpaired) electrons. The molecular weight excluding hydrogens is 328 g/mol. The van der Waals surface area contributed by atoms with Crippen LogP contribution in [0.2, 0.25) is 0 Å². The van der Waals surface area contributed by atoms with Crippen LogP contribution in [0.5, 0.6) is 0 Å². The van der Waals surface area contributed by atoms with Gasteiger partial charge in [-0.2, -0.15) is 0 Å². The number of hydrogen-bond donors (Lipinski definition) is 2. The molecule has 0 unspecified atom stereocenters. The number of nitrogens with one attached hydrogen (secondary N) is 2. The lowest BCUT2D eigenvalue weighted by Gasteiger charge is -2.13.